The molecule has 0 radical (unpaired) electrons. The Hall–Kier alpha value is -1.11. The Morgan fingerprint density at radius 2 is 1.67 bits per heavy atom. The Kier molecular flexibility index (Phi) is 11.7. The summed E-state index contributed by atoms with van der Waals surface area (Å²) in [4.78, 5) is 27.8. The Morgan fingerprint density at radius 3 is 2.24 bits per heavy atom. The molecule has 0 aliphatic carbocycles. The average Bonchev–Trinajstić information content (AvgIpc) is 2.76. The molecule has 2 amide bonds. The van der Waals surface area contributed by atoms with Gasteiger partial charge >= 0.3 is 0 Å². The Balaban J connectivity index is 2.19. The molecule has 0 aromatic heterocycles. The third-order valence-electron chi connectivity index (χ3n) is 4.94. The van der Waals surface area contributed by atoms with Gasteiger partial charge in [0.05, 0.1) is 15.8 Å². The van der Waals surface area contributed by atoms with Crippen LogP contribution < -0.4 is 5.32 Å². The minimum atomic E-state index is -0.602. The lowest BCUT2D eigenvalue weighted by Crippen LogP contribution is -2.50. The van der Waals surface area contributed by atoms with Gasteiger partial charge in [0.25, 0.3) is 0 Å². The molecule has 2 aromatic carbocycles. The molecule has 1 atom stereocenters. The predicted molar refractivity (Wildman–Crippen MR) is 142 cm³/mol. The van der Waals surface area contributed by atoms with E-state index in [2.05, 4.69) is 5.32 Å². The van der Waals surface area contributed by atoms with Gasteiger partial charge in [-0.2, -0.15) is 0 Å². The van der Waals surface area contributed by atoms with Crippen LogP contribution in [-0.4, -0.2) is 35.1 Å². The van der Waals surface area contributed by atoms with E-state index in [4.69, 9.17) is 46.4 Å². The smallest absolute Gasteiger partial charge is 0.242 e. The lowest BCUT2D eigenvalue weighted by atomic mass is 10.1. The SMILES string of the molecule is CC[C@@H](C(=O)NCC(C)C)N(Cc1ccc(Cl)c(Cl)c1)C(=O)CSCc1c(Cl)cccc1Cl. The zero-order chi connectivity index (χ0) is 24.5. The number of thioether (sulfide) groups is 1. The van der Waals surface area contributed by atoms with Crippen molar-refractivity contribution in [2.75, 3.05) is 12.3 Å². The van der Waals surface area contributed by atoms with Crippen molar-refractivity contribution in [2.45, 2.75) is 45.5 Å². The maximum atomic E-state index is 13.3. The van der Waals surface area contributed by atoms with Crippen LogP contribution in [0.4, 0.5) is 0 Å². The second-order valence-electron chi connectivity index (χ2n) is 8.03. The van der Waals surface area contributed by atoms with Crippen LogP contribution in [0.15, 0.2) is 36.4 Å². The molecule has 0 aliphatic heterocycles. The van der Waals surface area contributed by atoms with E-state index in [0.717, 1.165) is 11.1 Å². The van der Waals surface area contributed by atoms with E-state index in [9.17, 15) is 9.59 Å². The molecule has 2 rings (SSSR count). The number of hydrogen-bond acceptors (Lipinski definition) is 3. The highest BCUT2D eigenvalue weighted by atomic mass is 35.5. The van der Waals surface area contributed by atoms with Crippen LogP contribution in [0.1, 0.15) is 38.3 Å². The van der Waals surface area contributed by atoms with E-state index in [1.54, 1.807) is 35.2 Å². The molecular formula is C24H28Cl4N2O2S. The van der Waals surface area contributed by atoms with E-state index in [1.165, 1.54) is 11.8 Å². The van der Waals surface area contributed by atoms with Gasteiger partial charge in [0, 0.05) is 28.9 Å². The second kappa shape index (κ2) is 13.7. The number of nitrogens with one attached hydrogen (secondary N) is 1. The molecule has 0 saturated carbocycles. The topological polar surface area (TPSA) is 49.4 Å². The maximum Gasteiger partial charge on any atom is 0.242 e. The molecule has 0 saturated heterocycles. The molecule has 9 heteroatoms. The van der Waals surface area contributed by atoms with Crippen molar-refractivity contribution in [3.8, 4) is 0 Å². The number of rotatable bonds is 11. The van der Waals surface area contributed by atoms with Crippen LogP contribution in [0.5, 0.6) is 0 Å². The van der Waals surface area contributed by atoms with Gasteiger partial charge in [0.15, 0.2) is 0 Å². The van der Waals surface area contributed by atoms with Crippen molar-refractivity contribution >= 4 is 70.0 Å². The van der Waals surface area contributed by atoms with Gasteiger partial charge in [0.1, 0.15) is 6.04 Å². The summed E-state index contributed by atoms with van der Waals surface area (Å²) in [6, 6.07) is 9.95. The number of nitrogens with zero attached hydrogens (tertiary/aromatic N) is 1. The van der Waals surface area contributed by atoms with Crippen LogP contribution in [-0.2, 0) is 21.9 Å². The fourth-order valence-electron chi connectivity index (χ4n) is 3.17. The number of carbonyl (C=O) groups is 2. The lowest BCUT2D eigenvalue weighted by molar-refractivity contribution is -0.139. The zero-order valence-electron chi connectivity index (χ0n) is 18.8. The van der Waals surface area contributed by atoms with Gasteiger partial charge in [0.2, 0.25) is 11.8 Å². The summed E-state index contributed by atoms with van der Waals surface area (Å²) >= 11 is 26.1. The van der Waals surface area contributed by atoms with E-state index < -0.39 is 6.04 Å². The number of benzene rings is 2. The summed E-state index contributed by atoms with van der Waals surface area (Å²) in [5.74, 6) is 0.652. The Bertz CT molecular complexity index is 951. The monoisotopic (exact) mass is 548 g/mol. The fourth-order valence-corrected chi connectivity index (χ4v) is 5.14. The normalized spacial score (nSPS) is 12.0. The van der Waals surface area contributed by atoms with E-state index in [1.807, 2.05) is 26.8 Å². The largest absolute Gasteiger partial charge is 0.354 e. The predicted octanol–water partition coefficient (Wildman–Crippen LogP) is 7.11. The van der Waals surface area contributed by atoms with Gasteiger partial charge in [-0.05, 0) is 47.7 Å². The minimum Gasteiger partial charge on any atom is -0.354 e. The third-order valence-corrected chi connectivity index (χ3v) is 7.33. The molecule has 0 heterocycles. The van der Waals surface area contributed by atoms with Crippen molar-refractivity contribution in [3.63, 3.8) is 0 Å². The molecule has 0 spiro atoms. The molecule has 4 nitrogen and oxygen atoms in total. The van der Waals surface area contributed by atoms with Gasteiger partial charge < -0.3 is 10.2 Å². The first-order chi connectivity index (χ1) is 15.6. The average molecular weight is 550 g/mol. The highest BCUT2D eigenvalue weighted by molar-refractivity contribution is 7.99. The summed E-state index contributed by atoms with van der Waals surface area (Å²) in [5, 5.41) is 4.92. The maximum absolute atomic E-state index is 13.3. The zero-order valence-corrected chi connectivity index (χ0v) is 22.7. The quantitative estimate of drug-likeness (QED) is 0.325. The van der Waals surface area contributed by atoms with Gasteiger partial charge in [-0.3, -0.25) is 9.59 Å². The first kappa shape index (κ1) is 28.1. The van der Waals surface area contributed by atoms with Crippen LogP contribution in [0.3, 0.4) is 0 Å². The Morgan fingerprint density at radius 1 is 1.00 bits per heavy atom. The summed E-state index contributed by atoms with van der Waals surface area (Å²) in [7, 11) is 0. The highest BCUT2D eigenvalue weighted by Crippen LogP contribution is 2.29. The molecule has 2 aromatic rings. The molecule has 0 bridgehead atoms. The third kappa shape index (κ3) is 8.56. The van der Waals surface area contributed by atoms with E-state index in [-0.39, 0.29) is 24.1 Å². The highest BCUT2D eigenvalue weighted by Gasteiger charge is 2.28. The van der Waals surface area contributed by atoms with Crippen LogP contribution >= 0.6 is 58.2 Å². The van der Waals surface area contributed by atoms with Crippen molar-refractivity contribution in [1.29, 1.82) is 0 Å². The molecular weight excluding hydrogens is 522 g/mol. The van der Waals surface area contributed by atoms with Crippen LogP contribution in [0.25, 0.3) is 0 Å². The van der Waals surface area contributed by atoms with Gasteiger partial charge in [-0.1, -0.05) is 79.3 Å². The molecule has 0 aliphatic rings. The fraction of sp³-hybridized carbons (Fsp3) is 0.417. The van der Waals surface area contributed by atoms with E-state index in [0.29, 0.717) is 44.7 Å². The second-order valence-corrected chi connectivity index (χ2v) is 10.6. The first-order valence-corrected chi connectivity index (χ1v) is 13.3. The Labute approximate surface area is 220 Å². The lowest BCUT2D eigenvalue weighted by Gasteiger charge is -2.31. The van der Waals surface area contributed by atoms with Gasteiger partial charge in [-0.15, -0.1) is 11.8 Å². The molecule has 0 unspecified atom stereocenters. The standard InChI is InChI=1S/C24H28Cl4N2O2S/c1-4-22(24(32)29-11-15(2)3)30(12-16-8-9-20(27)21(28)10-16)23(31)14-33-13-17-18(25)6-5-7-19(17)26/h5-10,15,22H,4,11-14H2,1-3H3,(H,29,32)/t22-/m0/s1. The summed E-state index contributed by atoms with van der Waals surface area (Å²) < 4.78 is 0. The van der Waals surface area contributed by atoms with Gasteiger partial charge in [-0.25, -0.2) is 0 Å². The number of hydrogen-bond donors (Lipinski definition) is 1. The first-order valence-electron chi connectivity index (χ1n) is 10.7. The van der Waals surface area contributed by atoms with Crippen LogP contribution in [0.2, 0.25) is 20.1 Å². The van der Waals surface area contributed by atoms with Crippen molar-refractivity contribution in [2.24, 2.45) is 5.92 Å². The summed E-state index contributed by atoms with van der Waals surface area (Å²) in [5.41, 5.74) is 1.59. The molecule has 1 N–H and O–H groups in total. The molecule has 0 fully saturated rings. The summed E-state index contributed by atoms with van der Waals surface area (Å²) in [6.45, 7) is 6.73. The number of halogens is 4. The minimum absolute atomic E-state index is 0.152. The molecule has 180 valence electrons. The van der Waals surface area contributed by atoms with Crippen molar-refractivity contribution in [1.82, 2.24) is 10.2 Å². The molecule has 33 heavy (non-hydrogen) atoms. The summed E-state index contributed by atoms with van der Waals surface area (Å²) in [6.07, 6.45) is 0.484. The number of carbonyl (C=O) groups excluding carboxylic acids is 2. The number of amides is 2. The van der Waals surface area contributed by atoms with E-state index >= 15 is 0 Å². The van der Waals surface area contributed by atoms with Crippen molar-refractivity contribution < 1.29 is 9.59 Å². The van der Waals surface area contributed by atoms with Crippen LogP contribution in [0, 0.1) is 5.92 Å². The van der Waals surface area contributed by atoms with Crippen molar-refractivity contribution in [3.05, 3.63) is 67.6 Å².